The van der Waals surface area contributed by atoms with Crippen molar-refractivity contribution in [2.75, 3.05) is 6.61 Å². The van der Waals surface area contributed by atoms with Gasteiger partial charge in [0.05, 0.1) is 12.0 Å². The molecule has 25 heavy (non-hydrogen) atoms. The van der Waals surface area contributed by atoms with Crippen LogP contribution < -0.4 is 10.3 Å². The Balaban J connectivity index is 1.75. The Bertz CT molecular complexity index is 967. The zero-order valence-electron chi connectivity index (χ0n) is 13.2. The number of aromatic carboxylic acids is 1. The molecule has 6 nitrogen and oxygen atoms in total. The molecule has 0 saturated heterocycles. The van der Waals surface area contributed by atoms with Gasteiger partial charge in [0.1, 0.15) is 11.6 Å². The number of aromatic nitrogens is 2. The molecule has 0 aliphatic heterocycles. The van der Waals surface area contributed by atoms with Crippen LogP contribution in [0.1, 0.15) is 16.9 Å². The molecule has 1 heterocycles. The number of halogens is 1. The summed E-state index contributed by atoms with van der Waals surface area (Å²) in [5.74, 6) is -1.01. The molecule has 0 aliphatic carbocycles. The predicted molar refractivity (Wildman–Crippen MR) is 89.5 cm³/mol. The fraction of sp³-hybridized carbons (Fsp3) is 0.167. The highest BCUT2D eigenvalue weighted by Crippen LogP contribution is 2.14. The van der Waals surface area contributed by atoms with Crippen LogP contribution in [0.25, 0.3) is 10.8 Å². The van der Waals surface area contributed by atoms with Gasteiger partial charge in [-0.05, 0) is 30.3 Å². The number of aryl methyl sites for hydroxylation is 1. The third-order valence-electron chi connectivity index (χ3n) is 3.67. The Morgan fingerprint density at radius 1 is 1.12 bits per heavy atom. The van der Waals surface area contributed by atoms with Gasteiger partial charge >= 0.3 is 5.97 Å². The second kappa shape index (κ2) is 7.12. The fourth-order valence-electron chi connectivity index (χ4n) is 2.48. The Kier molecular flexibility index (Phi) is 4.74. The van der Waals surface area contributed by atoms with Gasteiger partial charge in [-0.2, -0.15) is 5.10 Å². The zero-order chi connectivity index (χ0) is 17.8. The molecule has 1 N–H and O–H groups in total. The fourth-order valence-corrected chi connectivity index (χ4v) is 2.48. The van der Waals surface area contributed by atoms with Crippen LogP contribution in [-0.4, -0.2) is 27.5 Å². The summed E-state index contributed by atoms with van der Waals surface area (Å²) >= 11 is 0. The lowest BCUT2D eigenvalue weighted by atomic mass is 10.1. The number of ether oxygens (including phenoxy) is 1. The van der Waals surface area contributed by atoms with Crippen LogP contribution in [-0.2, 0) is 6.54 Å². The summed E-state index contributed by atoms with van der Waals surface area (Å²) in [7, 11) is 0. The Labute approximate surface area is 142 Å². The van der Waals surface area contributed by atoms with Crippen LogP contribution in [0, 0.1) is 5.82 Å². The molecular formula is C18H15FN2O4. The van der Waals surface area contributed by atoms with E-state index >= 15 is 0 Å². The maximum Gasteiger partial charge on any atom is 0.357 e. The van der Waals surface area contributed by atoms with E-state index in [1.807, 2.05) is 0 Å². The van der Waals surface area contributed by atoms with Crippen LogP contribution in [0.3, 0.4) is 0 Å². The van der Waals surface area contributed by atoms with Gasteiger partial charge in [0.2, 0.25) is 0 Å². The van der Waals surface area contributed by atoms with E-state index in [2.05, 4.69) is 5.10 Å². The maximum absolute atomic E-state index is 12.8. The molecule has 0 amide bonds. The Hall–Kier alpha value is -3.22. The first-order valence-corrected chi connectivity index (χ1v) is 7.68. The summed E-state index contributed by atoms with van der Waals surface area (Å²) in [6, 6.07) is 12.1. The van der Waals surface area contributed by atoms with E-state index in [0.29, 0.717) is 22.9 Å². The molecular weight excluding hydrogens is 327 g/mol. The lowest BCUT2D eigenvalue weighted by molar-refractivity contribution is 0.0690. The number of carboxylic acids is 1. The van der Waals surface area contributed by atoms with Crippen LogP contribution in [0.4, 0.5) is 4.39 Å². The third-order valence-corrected chi connectivity index (χ3v) is 3.67. The van der Waals surface area contributed by atoms with Crippen molar-refractivity contribution < 1.29 is 19.0 Å². The standard InChI is InChI=1S/C18H15FN2O4/c19-12-6-8-13(9-7-12)25-11-3-10-21-17(22)15-5-2-1-4-14(15)16(20-21)18(23)24/h1-2,4-9H,3,10-11H2,(H,23,24). The van der Waals surface area contributed by atoms with Crippen LogP contribution in [0.2, 0.25) is 0 Å². The molecule has 0 spiro atoms. The number of benzene rings is 2. The molecule has 0 unspecified atom stereocenters. The van der Waals surface area contributed by atoms with Crippen LogP contribution in [0.15, 0.2) is 53.3 Å². The lowest BCUT2D eigenvalue weighted by Crippen LogP contribution is -2.26. The average Bonchev–Trinajstić information content (AvgIpc) is 2.61. The van der Waals surface area contributed by atoms with Crippen molar-refractivity contribution in [2.45, 2.75) is 13.0 Å². The van der Waals surface area contributed by atoms with Crippen molar-refractivity contribution in [2.24, 2.45) is 0 Å². The van der Waals surface area contributed by atoms with E-state index < -0.39 is 5.97 Å². The summed E-state index contributed by atoms with van der Waals surface area (Å²) in [6.45, 7) is 0.500. The number of fused-ring (bicyclic) bond motifs is 1. The highest BCUT2D eigenvalue weighted by atomic mass is 19.1. The second-order valence-electron chi connectivity index (χ2n) is 5.38. The molecule has 3 aromatic rings. The van der Waals surface area contributed by atoms with E-state index in [-0.39, 0.29) is 30.2 Å². The maximum atomic E-state index is 12.8. The summed E-state index contributed by atoms with van der Waals surface area (Å²) in [4.78, 5) is 23.8. The van der Waals surface area contributed by atoms with Gasteiger partial charge in [0.25, 0.3) is 5.56 Å². The Morgan fingerprint density at radius 2 is 1.80 bits per heavy atom. The SMILES string of the molecule is O=C(O)c1nn(CCCOc2ccc(F)cc2)c(=O)c2ccccc12. The zero-order valence-corrected chi connectivity index (χ0v) is 13.2. The van der Waals surface area contributed by atoms with Gasteiger partial charge in [0.15, 0.2) is 5.69 Å². The highest BCUT2D eigenvalue weighted by Gasteiger charge is 2.15. The summed E-state index contributed by atoms with van der Waals surface area (Å²) < 4.78 is 19.4. The van der Waals surface area contributed by atoms with Gasteiger partial charge in [-0.15, -0.1) is 0 Å². The van der Waals surface area contributed by atoms with E-state index in [9.17, 15) is 19.1 Å². The van der Waals surface area contributed by atoms with E-state index in [1.54, 1.807) is 24.3 Å². The van der Waals surface area contributed by atoms with Crippen molar-refractivity contribution in [1.82, 2.24) is 9.78 Å². The van der Waals surface area contributed by atoms with E-state index in [1.165, 1.54) is 24.3 Å². The molecule has 0 bridgehead atoms. The third kappa shape index (κ3) is 3.65. The van der Waals surface area contributed by atoms with Crippen molar-refractivity contribution in [3.8, 4) is 5.75 Å². The quantitative estimate of drug-likeness (QED) is 0.697. The van der Waals surface area contributed by atoms with Crippen molar-refractivity contribution >= 4 is 16.7 Å². The molecule has 3 rings (SSSR count). The van der Waals surface area contributed by atoms with Crippen LogP contribution >= 0.6 is 0 Å². The van der Waals surface area contributed by atoms with Crippen molar-refractivity contribution in [1.29, 1.82) is 0 Å². The van der Waals surface area contributed by atoms with Gasteiger partial charge in [0, 0.05) is 18.4 Å². The topological polar surface area (TPSA) is 81.4 Å². The summed E-state index contributed by atoms with van der Waals surface area (Å²) in [5, 5.41) is 13.9. The monoisotopic (exact) mass is 342 g/mol. The molecule has 0 aliphatic rings. The molecule has 0 fully saturated rings. The number of carbonyl (C=O) groups is 1. The van der Waals surface area contributed by atoms with Gasteiger partial charge in [-0.1, -0.05) is 18.2 Å². The minimum atomic E-state index is -1.19. The van der Waals surface area contributed by atoms with Crippen molar-refractivity contribution in [3.05, 3.63) is 70.4 Å². The predicted octanol–water partition coefficient (Wildman–Crippen LogP) is 2.70. The van der Waals surface area contributed by atoms with Gasteiger partial charge in [-0.25, -0.2) is 13.9 Å². The second-order valence-corrected chi connectivity index (χ2v) is 5.38. The van der Waals surface area contributed by atoms with Crippen LogP contribution in [0.5, 0.6) is 5.75 Å². The normalized spacial score (nSPS) is 10.8. The first-order chi connectivity index (χ1) is 12.1. The largest absolute Gasteiger partial charge is 0.494 e. The minimum Gasteiger partial charge on any atom is -0.494 e. The Morgan fingerprint density at radius 3 is 2.48 bits per heavy atom. The van der Waals surface area contributed by atoms with E-state index in [0.717, 1.165) is 4.68 Å². The summed E-state index contributed by atoms with van der Waals surface area (Å²) in [6.07, 6.45) is 0.446. The highest BCUT2D eigenvalue weighted by molar-refractivity contribution is 6.01. The van der Waals surface area contributed by atoms with Crippen molar-refractivity contribution in [3.63, 3.8) is 0 Å². The number of hydrogen-bond donors (Lipinski definition) is 1. The minimum absolute atomic E-state index is 0.158. The first kappa shape index (κ1) is 16.6. The average molecular weight is 342 g/mol. The number of hydrogen-bond acceptors (Lipinski definition) is 4. The lowest BCUT2D eigenvalue weighted by Gasteiger charge is -2.09. The first-order valence-electron chi connectivity index (χ1n) is 7.68. The summed E-state index contributed by atoms with van der Waals surface area (Å²) in [5.41, 5.74) is -0.503. The molecule has 1 aromatic heterocycles. The number of carboxylic acid groups (broad SMARTS) is 1. The van der Waals surface area contributed by atoms with Gasteiger partial charge in [-0.3, -0.25) is 4.79 Å². The number of nitrogens with zero attached hydrogens (tertiary/aromatic N) is 2. The molecule has 0 radical (unpaired) electrons. The molecule has 0 saturated carbocycles. The molecule has 128 valence electrons. The van der Waals surface area contributed by atoms with E-state index in [4.69, 9.17) is 4.74 Å². The molecule has 7 heteroatoms. The van der Waals surface area contributed by atoms with Gasteiger partial charge < -0.3 is 9.84 Å². The molecule has 2 aromatic carbocycles. The smallest absolute Gasteiger partial charge is 0.357 e. The number of rotatable bonds is 6. The molecule has 0 atom stereocenters.